The molecule has 2 aromatic carbocycles. The van der Waals surface area contributed by atoms with Crippen LogP contribution >= 0.6 is 0 Å². The average molecular weight is 380 g/mol. The van der Waals surface area contributed by atoms with Crippen molar-refractivity contribution < 1.29 is 32.3 Å². The van der Waals surface area contributed by atoms with E-state index in [2.05, 4.69) is 5.32 Å². The van der Waals surface area contributed by atoms with Crippen LogP contribution in [0.2, 0.25) is 0 Å². The molecule has 0 saturated heterocycles. The third-order valence-corrected chi connectivity index (χ3v) is 3.28. The second-order valence-electron chi connectivity index (χ2n) is 5.52. The van der Waals surface area contributed by atoms with Gasteiger partial charge in [0.1, 0.15) is 0 Å². The second kappa shape index (κ2) is 8.35. The van der Waals surface area contributed by atoms with Crippen molar-refractivity contribution in [3.63, 3.8) is 0 Å². The number of rotatable bonds is 5. The Morgan fingerprint density at radius 1 is 0.963 bits per heavy atom. The summed E-state index contributed by atoms with van der Waals surface area (Å²) in [6.07, 6.45) is -5.05. The highest BCUT2D eigenvalue weighted by Gasteiger charge is 2.38. The van der Waals surface area contributed by atoms with Gasteiger partial charge in [-0.3, -0.25) is 9.59 Å². The molecule has 2 amide bonds. The predicted octanol–water partition coefficient (Wildman–Crippen LogP) is 3.29. The summed E-state index contributed by atoms with van der Waals surface area (Å²) in [5.74, 6) is -3.66. The molecule has 0 aliphatic rings. The number of carbonyl (C=O) groups is 3. The van der Waals surface area contributed by atoms with Gasteiger partial charge in [0.15, 0.2) is 6.61 Å². The van der Waals surface area contributed by atoms with Crippen LogP contribution in [-0.2, 0) is 14.3 Å². The van der Waals surface area contributed by atoms with E-state index < -0.39 is 30.6 Å². The van der Waals surface area contributed by atoms with Crippen LogP contribution in [0.1, 0.15) is 15.9 Å². The highest BCUT2D eigenvalue weighted by atomic mass is 19.4. The van der Waals surface area contributed by atoms with Crippen LogP contribution < -0.4 is 10.6 Å². The number of hydrogen-bond donors (Lipinski definition) is 2. The number of ether oxygens (including phenoxy) is 1. The smallest absolute Gasteiger partial charge is 0.452 e. The predicted molar refractivity (Wildman–Crippen MR) is 91.2 cm³/mol. The summed E-state index contributed by atoms with van der Waals surface area (Å²) < 4.78 is 41.6. The number of carbonyl (C=O) groups excluding carboxylic acids is 3. The van der Waals surface area contributed by atoms with Crippen LogP contribution in [0.4, 0.5) is 24.5 Å². The van der Waals surface area contributed by atoms with Crippen molar-refractivity contribution in [1.82, 2.24) is 0 Å². The molecule has 0 aromatic heterocycles. The maximum absolute atomic E-state index is 12.3. The number of esters is 1. The Bertz CT molecular complexity index is 848. The van der Waals surface area contributed by atoms with E-state index in [1.165, 1.54) is 18.2 Å². The summed E-state index contributed by atoms with van der Waals surface area (Å²) in [5, 5.41) is 4.16. The van der Waals surface area contributed by atoms with Gasteiger partial charge in [-0.1, -0.05) is 23.8 Å². The quantitative estimate of drug-likeness (QED) is 0.780. The van der Waals surface area contributed by atoms with Crippen molar-refractivity contribution in [2.45, 2.75) is 13.1 Å². The van der Waals surface area contributed by atoms with Gasteiger partial charge >= 0.3 is 18.1 Å². The van der Waals surface area contributed by atoms with Crippen molar-refractivity contribution >= 4 is 29.2 Å². The van der Waals surface area contributed by atoms with E-state index in [1.807, 2.05) is 6.92 Å². The first kappa shape index (κ1) is 20.0. The first-order valence-corrected chi connectivity index (χ1v) is 7.67. The van der Waals surface area contributed by atoms with E-state index >= 15 is 0 Å². The number of aryl methyl sites for hydroxylation is 1. The lowest BCUT2D eigenvalue weighted by atomic mass is 10.2. The average Bonchev–Trinajstić information content (AvgIpc) is 2.61. The minimum absolute atomic E-state index is 0.113. The molecule has 0 fully saturated rings. The second-order valence-corrected chi connectivity index (χ2v) is 5.52. The molecular weight excluding hydrogens is 365 g/mol. The zero-order valence-electron chi connectivity index (χ0n) is 14.1. The van der Waals surface area contributed by atoms with Crippen LogP contribution in [0.5, 0.6) is 0 Å². The van der Waals surface area contributed by atoms with Gasteiger partial charge in [0, 0.05) is 11.4 Å². The number of halogens is 3. The monoisotopic (exact) mass is 380 g/mol. The van der Waals surface area contributed by atoms with E-state index in [9.17, 15) is 27.6 Å². The van der Waals surface area contributed by atoms with Gasteiger partial charge in [-0.05, 0) is 37.3 Å². The molecule has 2 N–H and O–H groups in total. The van der Waals surface area contributed by atoms with Gasteiger partial charge in [-0.25, -0.2) is 4.79 Å². The third-order valence-electron chi connectivity index (χ3n) is 3.28. The lowest BCUT2D eigenvalue weighted by molar-refractivity contribution is -0.167. The Labute approximate surface area is 152 Å². The number of alkyl halides is 3. The summed E-state index contributed by atoms with van der Waals surface area (Å²) in [4.78, 5) is 34.6. The van der Waals surface area contributed by atoms with E-state index in [4.69, 9.17) is 4.74 Å². The van der Waals surface area contributed by atoms with Crippen LogP contribution in [0.15, 0.2) is 48.5 Å². The fraction of sp³-hybridized carbons (Fsp3) is 0.167. The summed E-state index contributed by atoms with van der Waals surface area (Å²) >= 11 is 0. The Morgan fingerprint density at radius 2 is 1.63 bits per heavy atom. The maximum Gasteiger partial charge on any atom is 0.471 e. The largest absolute Gasteiger partial charge is 0.471 e. The van der Waals surface area contributed by atoms with Crippen molar-refractivity contribution in [3.05, 3.63) is 59.7 Å². The summed E-state index contributed by atoms with van der Waals surface area (Å²) in [7, 11) is 0. The summed E-state index contributed by atoms with van der Waals surface area (Å²) in [5.41, 5.74) is 1.20. The first-order valence-electron chi connectivity index (χ1n) is 7.67. The maximum atomic E-state index is 12.3. The molecule has 0 heterocycles. The van der Waals surface area contributed by atoms with Crippen LogP contribution in [0, 0.1) is 6.92 Å². The first-order chi connectivity index (χ1) is 12.6. The molecule has 0 unspecified atom stereocenters. The van der Waals surface area contributed by atoms with Crippen LogP contribution in [0.3, 0.4) is 0 Å². The molecule has 9 heteroatoms. The minimum Gasteiger partial charge on any atom is -0.452 e. The van der Waals surface area contributed by atoms with Gasteiger partial charge < -0.3 is 15.4 Å². The van der Waals surface area contributed by atoms with E-state index in [0.717, 1.165) is 11.6 Å². The minimum atomic E-state index is -5.05. The van der Waals surface area contributed by atoms with E-state index in [-0.39, 0.29) is 11.3 Å². The Balaban J connectivity index is 1.92. The van der Waals surface area contributed by atoms with Gasteiger partial charge in [0.05, 0.1) is 5.56 Å². The normalized spacial score (nSPS) is 10.8. The molecular formula is C18H15F3N2O4. The van der Waals surface area contributed by atoms with Gasteiger partial charge in [0.25, 0.3) is 5.91 Å². The number of amides is 2. The number of benzene rings is 2. The van der Waals surface area contributed by atoms with Gasteiger partial charge in [-0.15, -0.1) is 0 Å². The van der Waals surface area contributed by atoms with Crippen molar-refractivity contribution in [3.8, 4) is 0 Å². The molecule has 0 aliphatic carbocycles. The van der Waals surface area contributed by atoms with E-state index in [1.54, 1.807) is 29.6 Å². The molecule has 27 heavy (non-hydrogen) atoms. The molecule has 2 rings (SSSR count). The highest BCUT2D eigenvalue weighted by Crippen LogP contribution is 2.19. The summed E-state index contributed by atoms with van der Waals surface area (Å²) in [6.45, 7) is 1.31. The number of nitrogens with one attached hydrogen (secondary N) is 2. The fourth-order valence-electron chi connectivity index (χ4n) is 1.97. The molecule has 0 bridgehead atoms. The third kappa shape index (κ3) is 6.14. The van der Waals surface area contributed by atoms with Crippen molar-refractivity contribution in [1.29, 1.82) is 0 Å². The molecule has 0 saturated carbocycles. The zero-order valence-corrected chi connectivity index (χ0v) is 14.1. The van der Waals surface area contributed by atoms with Gasteiger partial charge in [0.2, 0.25) is 0 Å². The number of hydrogen-bond acceptors (Lipinski definition) is 4. The lowest BCUT2D eigenvalue weighted by Crippen LogP contribution is -2.30. The zero-order chi connectivity index (χ0) is 20.0. The Morgan fingerprint density at radius 3 is 2.26 bits per heavy atom. The molecule has 0 spiro atoms. The topological polar surface area (TPSA) is 84.5 Å². The van der Waals surface area contributed by atoms with Crippen LogP contribution in [0.25, 0.3) is 0 Å². The Hall–Kier alpha value is -3.36. The molecule has 142 valence electrons. The summed E-state index contributed by atoms with van der Waals surface area (Å²) in [6, 6.07) is 11.7. The molecule has 0 aliphatic heterocycles. The SMILES string of the molecule is Cc1ccc(NC(=O)COC(=O)c2cccc(NC(=O)C(F)(F)F)c2)cc1. The highest BCUT2D eigenvalue weighted by molar-refractivity contribution is 5.98. The number of anilines is 2. The van der Waals surface area contributed by atoms with Gasteiger partial charge in [-0.2, -0.15) is 13.2 Å². The molecule has 6 nitrogen and oxygen atoms in total. The lowest BCUT2D eigenvalue weighted by Gasteiger charge is -2.10. The van der Waals surface area contributed by atoms with E-state index in [0.29, 0.717) is 5.69 Å². The Kier molecular flexibility index (Phi) is 6.17. The van der Waals surface area contributed by atoms with Crippen molar-refractivity contribution in [2.24, 2.45) is 0 Å². The van der Waals surface area contributed by atoms with Crippen LogP contribution in [-0.4, -0.2) is 30.6 Å². The standard InChI is InChI=1S/C18H15F3N2O4/c1-11-5-7-13(8-6-11)22-15(24)10-27-16(25)12-3-2-4-14(9-12)23-17(26)18(19,20)21/h2-9H,10H2,1H3,(H,22,24)(H,23,26). The molecule has 0 radical (unpaired) electrons. The molecule has 2 aromatic rings. The fourth-order valence-corrected chi connectivity index (χ4v) is 1.97. The molecule has 0 atom stereocenters. The van der Waals surface area contributed by atoms with Crippen molar-refractivity contribution in [2.75, 3.05) is 17.2 Å².